The lowest BCUT2D eigenvalue weighted by atomic mass is 9.84. The highest BCUT2D eigenvalue weighted by Crippen LogP contribution is 2.34. The molecule has 1 spiro atoms. The van der Waals surface area contributed by atoms with E-state index in [-0.39, 0.29) is 17.6 Å². The Morgan fingerprint density at radius 1 is 1.30 bits per heavy atom. The Hall–Kier alpha value is -1.59. The lowest BCUT2D eigenvalue weighted by Gasteiger charge is -2.43. The first kappa shape index (κ1) is 16.3. The van der Waals surface area contributed by atoms with Gasteiger partial charge in [0.15, 0.2) is 0 Å². The minimum Gasteiger partial charge on any atom is -0.496 e. The average Bonchev–Trinajstić information content (AvgIpc) is 2.56. The number of rotatable bonds is 4. The van der Waals surface area contributed by atoms with Crippen LogP contribution in [-0.4, -0.2) is 44.5 Å². The predicted octanol–water partition coefficient (Wildman–Crippen LogP) is 2.08. The van der Waals surface area contributed by atoms with Crippen LogP contribution in [-0.2, 0) is 20.7 Å². The molecule has 2 heterocycles. The monoisotopic (exact) mass is 319 g/mol. The number of hydrogen-bond donors (Lipinski definition) is 1. The molecule has 2 fully saturated rings. The van der Waals surface area contributed by atoms with E-state index in [1.165, 1.54) is 0 Å². The maximum atomic E-state index is 12.4. The third-order valence-corrected chi connectivity index (χ3v) is 4.81. The quantitative estimate of drug-likeness (QED) is 0.923. The molecule has 0 aliphatic carbocycles. The zero-order valence-corrected chi connectivity index (χ0v) is 13.7. The summed E-state index contributed by atoms with van der Waals surface area (Å²) in [5.41, 5.74) is 0.819. The molecule has 0 saturated carbocycles. The minimum absolute atomic E-state index is 0.0450. The third kappa shape index (κ3) is 4.03. The van der Waals surface area contributed by atoms with E-state index in [2.05, 4.69) is 5.32 Å². The van der Waals surface area contributed by atoms with Gasteiger partial charge < -0.3 is 19.5 Å². The molecular weight excluding hydrogens is 294 g/mol. The second-order valence-electron chi connectivity index (χ2n) is 6.39. The Bertz CT molecular complexity index is 534. The first-order valence-corrected chi connectivity index (χ1v) is 8.34. The van der Waals surface area contributed by atoms with E-state index < -0.39 is 0 Å². The number of hydrogen-bond acceptors (Lipinski definition) is 4. The lowest BCUT2D eigenvalue weighted by molar-refractivity contribution is -0.143. The van der Waals surface area contributed by atoms with E-state index in [1.54, 1.807) is 7.11 Å². The average molecular weight is 319 g/mol. The van der Waals surface area contributed by atoms with Gasteiger partial charge in [0.25, 0.3) is 0 Å². The number of carbonyl (C=O) groups excluding carboxylic acids is 1. The molecule has 0 bridgehead atoms. The van der Waals surface area contributed by atoms with Gasteiger partial charge in [0.05, 0.1) is 19.1 Å². The maximum absolute atomic E-state index is 12.4. The van der Waals surface area contributed by atoms with Gasteiger partial charge >= 0.3 is 0 Å². The molecule has 2 saturated heterocycles. The normalized spacial score (nSPS) is 23.4. The molecule has 23 heavy (non-hydrogen) atoms. The molecule has 2 aliphatic heterocycles. The number of amides is 1. The standard InChI is InChI=1S/C18H25NO4/c1-21-16-5-3-2-4-14(16)12-17(20)19-15-6-9-23-18(13-15)7-10-22-11-8-18/h2-5,15H,6-13H2,1H3,(H,19,20)/t15-/m1/s1. The molecule has 1 aromatic carbocycles. The summed E-state index contributed by atoms with van der Waals surface area (Å²) in [4.78, 5) is 12.4. The molecule has 3 rings (SSSR count). The minimum atomic E-state index is -0.0983. The van der Waals surface area contributed by atoms with Crippen molar-refractivity contribution in [3.8, 4) is 5.75 Å². The van der Waals surface area contributed by atoms with Crippen LogP contribution in [0.5, 0.6) is 5.75 Å². The molecule has 5 nitrogen and oxygen atoms in total. The van der Waals surface area contributed by atoms with Gasteiger partial charge in [0, 0.05) is 31.4 Å². The first-order valence-electron chi connectivity index (χ1n) is 8.34. The van der Waals surface area contributed by atoms with Crippen LogP contribution < -0.4 is 10.1 Å². The van der Waals surface area contributed by atoms with Gasteiger partial charge in [0.1, 0.15) is 5.75 Å². The Kier molecular flexibility index (Phi) is 5.18. The van der Waals surface area contributed by atoms with Crippen LogP contribution in [0.25, 0.3) is 0 Å². The zero-order chi connectivity index (χ0) is 16.1. The van der Waals surface area contributed by atoms with E-state index >= 15 is 0 Å². The van der Waals surface area contributed by atoms with Gasteiger partial charge in [-0.1, -0.05) is 18.2 Å². The topological polar surface area (TPSA) is 56.8 Å². The van der Waals surface area contributed by atoms with Crippen molar-refractivity contribution in [3.05, 3.63) is 29.8 Å². The summed E-state index contributed by atoms with van der Waals surface area (Å²) in [7, 11) is 1.63. The highest BCUT2D eigenvalue weighted by molar-refractivity contribution is 5.79. The van der Waals surface area contributed by atoms with E-state index in [9.17, 15) is 4.79 Å². The fourth-order valence-electron chi connectivity index (χ4n) is 3.54. The van der Waals surface area contributed by atoms with Crippen LogP contribution in [0.1, 0.15) is 31.2 Å². The number of carbonyl (C=O) groups is 1. The van der Waals surface area contributed by atoms with Gasteiger partial charge in [-0.3, -0.25) is 4.79 Å². The summed E-state index contributed by atoms with van der Waals surface area (Å²) >= 11 is 0. The summed E-state index contributed by atoms with van der Waals surface area (Å²) in [5.74, 6) is 0.805. The summed E-state index contributed by atoms with van der Waals surface area (Å²) in [6.07, 6.45) is 3.95. The van der Waals surface area contributed by atoms with Crippen LogP contribution >= 0.6 is 0 Å². The number of para-hydroxylation sites is 1. The summed E-state index contributed by atoms with van der Waals surface area (Å²) in [6, 6.07) is 7.84. The number of ether oxygens (including phenoxy) is 3. The van der Waals surface area contributed by atoms with Gasteiger partial charge in [0.2, 0.25) is 5.91 Å². The molecule has 0 unspecified atom stereocenters. The molecule has 1 aromatic rings. The molecule has 0 aromatic heterocycles. The van der Waals surface area contributed by atoms with Crippen molar-refractivity contribution in [2.24, 2.45) is 0 Å². The summed E-state index contributed by atoms with van der Waals surface area (Å²) in [5, 5.41) is 3.17. The zero-order valence-electron chi connectivity index (χ0n) is 13.7. The van der Waals surface area contributed by atoms with Crippen LogP contribution in [0, 0.1) is 0 Å². The lowest BCUT2D eigenvalue weighted by Crippen LogP contribution is -2.51. The van der Waals surface area contributed by atoms with Crippen molar-refractivity contribution in [1.82, 2.24) is 5.32 Å². The van der Waals surface area contributed by atoms with Crippen LogP contribution in [0.2, 0.25) is 0 Å². The van der Waals surface area contributed by atoms with Crippen LogP contribution in [0.15, 0.2) is 24.3 Å². The fraction of sp³-hybridized carbons (Fsp3) is 0.611. The van der Waals surface area contributed by atoms with Gasteiger partial charge in [-0.15, -0.1) is 0 Å². The van der Waals surface area contributed by atoms with Crippen molar-refractivity contribution >= 4 is 5.91 Å². The van der Waals surface area contributed by atoms with Gasteiger partial charge in [-0.05, 0) is 31.7 Å². The molecule has 1 atom stereocenters. The van der Waals surface area contributed by atoms with Gasteiger partial charge in [-0.2, -0.15) is 0 Å². The van der Waals surface area contributed by atoms with Crippen molar-refractivity contribution in [2.75, 3.05) is 26.9 Å². The van der Waals surface area contributed by atoms with E-state index in [0.29, 0.717) is 13.0 Å². The van der Waals surface area contributed by atoms with Crippen LogP contribution in [0.4, 0.5) is 0 Å². The van der Waals surface area contributed by atoms with E-state index in [0.717, 1.165) is 50.2 Å². The first-order chi connectivity index (χ1) is 11.2. The van der Waals surface area contributed by atoms with Gasteiger partial charge in [-0.25, -0.2) is 0 Å². The molecular formula is C18H25NO4. The van der Waals surface area contributed by atoms with Crippen molar-refractivity contribution < 1.29 is 19.0 Å². The number of nitrogens with one attached hydrogen (secondary N) is 1. The predicted molar refractivity (Wildman–Crippen MR) is 86.6 cm³/mol. The van der Waals surface area contributed by atoms with Crippen molar-refractivity contribution in [3.63, 3.8) is 0 Å². The Morgan fingerprint density at radius 2 is 2.09 bits per heavy atom. The largest absolute Gasteiger partial charge is 0.496 e. The highest BCUT2D eigenvalue weighted by atomic mass is 16.5. The second kappa shape index (κ2) is 7.32. The third-order valence-electron chi connectivity index (χ3n) is 4.81. The summed E-state index contributed by atoms with van der Waals surface area (Å²) < 4.78 is 16.8. The van der Waals surface area contributed by atoms with Crippen LogP contribution in [0.3, 0.4) is 0 Å². The molecule has 126 valence electrons. The number of benzene rings is 1. The Balaban J connectivity index is 1.57. The maximum Gasteiger partial charge on any atom is 0.224 e. The van der Waals surface area contributed by atoms with E-state index in [1.807, 2.05) is 24.3 Å². The molecule has 1 N–H and O–H groups in total. The Morgan fingerprint density at radius 3 is 2.87 bits per heavy atom. The Labute approximate surface area is 137 Å². The van der Waals surface area contributed by atoms with E-state index in [4.69, 9.17) is 14.2 Å². The fourth-order valence-corrected chi connectivity index (χ4v) is 3.54. The highest BCUT2D eigenvalue weighted by Gasteiger charge is 2.39. The number of methoxy groups -OCH3 is 1. The molecule has 2 aliphatic rings. The molecule has 0 radical (unpaired) electrons. The van der Waals surface area contributed by atoms with Crippen molar-refractivity contribution in [1.29, 1.82) is 0 Å². The summed E-state index contributed by atoms with van der Waals surface area (Å²) in [6.45, 7) is 2.21. The SMILES string of the molecule is COc1ccccc1CC(=O)N[C@@H]1CCOC2(CCOCC2)C1. The van der Waals surface area contributed by atoms with Crippen molar-refractivity contribution in [2.45, 2.75) is 43.7 Å². The molecule has 1 amide bonds. The molecule has 5 heteroatoms. The smallest absolute Gasteiger partial charge is 0.224 e. The second-order valence-corrected chi connectivity index (χ2v) is 6.39.